The Bertz CT molecular complexity index is 124. The first-order chi connectivity index (χ1) is 5.04. The molecule has 0 unspecified atom stereocenters. The fraction of sp³-hybridized carbons (Fsp3) is 0.714. The van der Waals surface area contributed by atoms with Crippen molar-refractivity contribution in [1.29, 1.82) is 0 Å². The van der Waals surface area contributed by atoms with E-state index in [1.54, 1.807) is 0 Å². The predicted octanol–water partition coefficient (Wildman–Crippen LogP) is -0.194. The summed E-state index contributed by atoms with van der Waals surface area (Å²) < 4.78 is 0. The fourth-order valence-electron chi connectivity index (χ4n) is 0.246. The summed E-state index contributed by atoms with van der Waals surface area (Å²) in [6, 6.07) is 0. The first kappa shape index (κ1) is 12.7. The van der Waals surface area contributed by atoms with Crippen LogP contribution in [-0.4, -0.2) is 18.2 Å². The van der Waals surface area contributed by atoms with Gasteiger partial charge in [0.25, 0.3) is 0 Å². The fourth-order valence-corrected chi connectivity index (χ4v) is 0.246. The molecule has 0 bridgehead atoms. The molecule has 4 heteroatoms. The van der Waals surface area contributed by atoms with Crippen LogP contribution in [0.5, 0.6) is 0 Å². The van der Waals surface area contributed by atoms with Crippen LogP contribution in [0.2, 0.25) is 0 Å². The van der Waals surface area contributed by atoms with E-state index in [-0.39, 0.29) is 18.2 Å². The summed E-state index contributed by atoms with van der Waals surface area (Å²) in [6.07, 6.45) is 1.37. The zero-order valence-electron chi connectivity index (χ0n) is 7.09. The van der Waals surface area contributed by atoms with Crippen molar-refractivity contribution in [3.05, 3.63) is 0 Å². The second-order valence-electron chi connectivity index (χ2n) is 2.12. The molecule has 0 radical (unpaired) electrons. The minimum atomic E-state index is -0.211. The van der Waals surface area contributed by atoms with Crippen LogP contribution in [0.25, 0.3) is 0 Å². The maximum atomic E-state index is 9.82. The summed E-state index contributed by atoms with van der Waals surface area (Å²) in [5.74, 6) is -0.178. The van der Waals surface area contributed by atoms with E-state index in [0.717, 1.165) is 6.42 Å². The average Bonchev–Trinajstić information content (AvgIpc) is 1.89. The predicted molar refractivity (Wildman–Crippen MR) is 43.8 cm³/mol. The monoisotopic (exact) mass is 160 g/mol. The van der Waals surface area contributed by atoms with Gasteiger partial charge in [0.15, 0.2) is 0 Å². The van der Waals surface area contributed by atoms with Crippen molar-refractivity contribution >= 4 is 11.7 Å². The highest BCUT2D eigenvalue weighted by atomic mass is 16.1. The van der Waals surface area contributed by atoms with Gasteiger partial charge in [-0.05, 0) is 13.3 Å². The lowest BCUT2D eigenvalue weighted by Crippen LogP contribution is -2.08. The minimum absolute atomic E-state index is 0.0324. The van der Waals surface area contributed by atoms with Crippen LogP contribution in [-0.2, 0) is 9.59 Å². The van der Waals surface area contributed by atoms with Crippen LogP contribution in [0.3, 0.4) is 0 Å². The lowest BCUT2D eigenvalue weighted by Gasteiger charge is -1.81. The van der Waals surface area contributed by atoms with Crippen molar-refractivity contribution in [2.24, 2.45) is 11.5 Å². The number of carbonyl (C=O) groups is 2. The number of hydrogen-bond donors (Lipinski definition) is 2. The molecule has 0 aromatic carbocycles. The van der Waals surface area contributed by atoms with Crippen molar-refractivity contribution in [3.8, 4) is 0 Å². The second-order valence-corrected chi connectivity index (χ2v) is 2.12. The van der Waals surface area contributed by atoms with Crippen LogP contribution >= 0.6 is 0 Å². The van der Waals surface area contributed by atoms with E-state index in [1.807, 2.05) is 6.92 Å². The van der Waals surface area contributed by atoms with Crippen LogP contribution in [0.4, 0.5) is 0 Å². The molecule has 0 atom stereocenters. The number of carbonyl (C=O) groups excluding carboxylic acids is 2. The Morgan fingerprint density at radius 3 is 1.73 bits per heavy atom. The summed E-state index contributed by atoms with van der Waals surface area (Å²) in [6.45, 7) is 3.55. The summed E-state index contributed by atoms with van der Waals surface area (Å²) in [7, 11) is 0. The SMILES string of the molecule is CC(=O)CN.CCCC(N)=O. The molecule has 0 spiro atoms. The van der Waals surface area contributed by atoms with Gasteiger partial charge < -0.3 is 11.5 Å². The molecule has 11 heavy (non-hydrogen) atoms. The minimum Gasteiger partial charge on any atom is -0.370 e. The molecule has 0 aliphatic rings. The van der Waals surface area contributed by atoms with Gasteiger partial charge in [-0.15, -0.1) is 0 Å². The standard InChI is InChI=1S/C4H9NO.C3H7NO/c1-2-3-4(5)6;1-3(5)2-4/h2-3H2,1H3,(H2,5,6);2,4H2,1H3. The van der Waals surface area contributed by atoms with Gasteiger partial charge in [0, 0.05) is 6.42 Å². The van der Waals surface area contributed by atoms with Gasteiger partial charge in [-0.25, -0.2) is 0 Å². The Morgan fingerprint density at radius 2 is 1.73 bits per heavy atom. The summed E-state index contributed by atoms with van der Waals surface area (Å²) >= 11 is 0. The smallest absolute Gasteiger partial charge is 0.217 e. The Morgan fingerprint density at radius 1 is 1.36 bits per heavy atom. The lowest BCUT2D eigenvalue weighted by molar-refractivity contribution is -0.118. The number of amides is 1. The third kappa shape index (κ3) is 27.3. The molecule has 1 amide bonds. The molecule has 0 aliphatic carbocycles. The molecule has 0 fully saturated rings. The molecule has 0 saturated heterocycles. The second kappa shape index (κ2) is 9.10. The highest BCUT2D eigenvalue weighted by Crippen LogP contribution is 1.79. The van der Waals surface area contributed by atoms with Gasteiger partial charge in [-0.1, -0.05) is 6.92 Å². The Kier molecular flexibility index (Phi) is 10.5. The first-order valence-corrected chi connectivity index (χ1v) is 3.52. The normalized spacial score (nSPS) is 7.91. The number of rotatable bonds is 3. The molecule has 4 N–H and O–H groups in total. The molecule has 4 nitrogen and oxygen atoms in total. The molecule has 0 aliphatic heterocycles. The Labute approximate surface area is 66.9 Å². The number of nitrogens with two attached hydrogens (primary N) is 2. The van der Waals surface area contributed by atoms with E-state index in [4.69, 9.17) is 11.5 Å². The molecule has 0 aromatic rings. The average molecular weight is 160 g/mol. The van der Waals surface area contributed by atoms with E-state index in [1.165, 1.54) is 6.92 Å². The van der Waals surface area contributed by atoms with Crippen LogP contribution in [0.1, 0.15) is 26.7 Å². The highest BCUT2D eigenvalue weighted by molar-refractivity contribution is 5.77. The molecule has 0 aromatic heterocycles. The van der Waals surface area contributed by atoms with Crippen molar-refractivity contribution < 1.29 is 9.59 Å². The maximum Gasteiger partial charge on any atom is 0.217 e. The summed E-state index contributed by atoms with van der Waals surface area (Å²) in [5.41, 5.74) is 9.59. The molecule has 0 saturated carbocycles. The Hall–Kier alpha value is -0.900. The largest absolute Gasteiger partial charge is 0.370 e. The van der Waals surface area contributed by atoms with E-state index < -0.39 is 0 Å². The quantitative estimate of drug-likeness (QED) is 0.599. The topological polar surface area (TPSA) is 86.2 Å². The zero-order valence-corrected chi connectivity index (χ0v) is 7.09. The van der Waals surface area contributed by atoms with Crippen molar-refractivity contribution in [2.45, 2.75) is 26.7 Å². The van der Waals surface area contributed by atoms with Gasteiger partial charge in [0.05, 0.1) is 6.54 Å². The summed E-state index contributed by atoms with van der Waals surface area (Å²) in [5, 5.41) is 0. The van der Waals surface area contributed by atoms with Crippen LogP contribution in [0, 0.1) is 0 Å². The Balaban J connectivity index is 0. The van der Waals surface area contributed by atoms with E-state index in [0.29, 0.717) is 6.42 Å². The van der Waals surface area contributed by atoms with Crippen LogP contribution in [0.15, 0.2) is 0 Å². The van der Waals surface area contributed by atoms with Gasteiger partial charge in [-0.2, -0.15) is 0 Å². The number of ketones is 1. The van der Waals surface area contributed by atoms with Gasteiger partial charge in [-0.3, -0.25) is 9.59 Å². The molecular weight excluding hydrogens is 144 g/mol. The van der Waals surface area contributed by atoms with Crippen molar-refractivity contribution in [2.75, 3.05) is 6.54 Å². The van der Waals surface area contributed by atoms with E-state index in [2.05, 4.69) is 0 Å². The van der Waals surface area contributed by atoms with Gasteiger partial charge in [0.2, 0.25) is 5.91 Å². The lowest BCUT2D eigenvalue weighted by atomic mass is 10.3. The zero-order chi connectivity index (χ0) is 9.28. The van der Waals surface area contributed by atoms with Gasteiger partial charge >= 0.3 is 0 Å². The van der Waals surface area contributed by atoms with Crippen molar-refractivity contribution in [1.82, 2.24) is 0 Å². The first-order valence-electron chi connectivity index (χ1n) is 3.52. The molecule has 0 heterocycles. The third-order valence-electron chi connectivity index (χ3n) is 0.784. The van der Waals surface area contributed by atoms with E-state index in [9.17, 15) is 9.59 Å². The van der Waals surface area contributed by atoms with Crippen LogP contribution < -0.4 is 11.5 Å². The number of Topliss-reactive ketones (excluding diaryl/α,β-unsaturated/α-hetero) is 1. The molecular formula is C7H16N2O2. The highest BCUT2D eigenvalue weighted by Gasteiger charge is 1.84. The maximum absolute atomic E-state index is 9.82. The molecule has 66 valence electrons. The molecule has 0 rings (SSSR count). The third-order valence-corrected chi connectivity index (χ3v) is 0.784. The number of primary amides is 1. The van der Waals surface area contributed by atoms with Crippen molar-refractivity contribution in [3.63, 3.8) is 0 Å². The van der Waals surface area contributed by atoms with Gasteiger partial charge in [0.1, 0.15) is 5.78 Å². The summed E-state index contributed by atoms with van der Waals surface area (Å²) in [4.78, 5) is 19.5. The number of hydrogen-bond acceptors (Lipinski definition) is 3. The van der Waals surface area contributed by atoms with E-state index >= 15 is 0 Å².